The third-order valence-corrected chi connectivity index (χ3v) is 4.22. The minimum absolute atomic E-state index is 0.0118. The molecule has 0 radical (unpaired) electrons. The Morgan fingerprint density at radius 1 is 1.32 bits per heavy atom. The zero-order valence-corrected chi connectivity index (χ0v) is 13.7. The van der Waals surface area contributed by atoms with Gasteiger partial charge in [0.1, 0.15) is 5.82 Å². The SMILES string of the molecule is Cc1cc(COC(=O)c2nn(-c3ccc(F)cc3)c3c2CCC3)on1. The van der Waals surface area contributed by atoms with Gasteiger partial charge >= 0.3 is 5.97 Å². The molecule has 3 aromatic rings. The molecule has 1 aromatic carbocycles. The number of esters is 1. The Balaban J connectivity index is 1.60. The lowest BCUT2D eigenvalue weighted by Gasteiger charge is -2.05. The van der Waals surface area contributed by atoms with Crippen molar-refractivity contribution < 1.29 is 18.4 Å². The smallest absolute Gasteiger partial charge is 0.359 e. The van der Waals surface area contributed by atoms with Gasteiger partial charge in [-0.2, -0.15) is 5.10 Å². The summed E-state index contributed by atoms with van der Waals surface area (Å²) < 4.78 is 25.2. The first-order valence-electron chi connectivity index (χ1n) is 8.08. The summed E-state index contributed by atoms with van der Waals surface area (Å²) in [7, 11) is 0. The van der Waals surface area contributed by atoms with Gasteiger partial charge in [-0.15, -0.1) is 0 Å². The van der Waals surface area contributed by atoms with Crippen LogP contribution in [0.25, 0.3) is 5.69 Å². The van der Waals surface area contributed by atoms with Crippen LogP contribution in [0.2, 0.25) is 0 Å². The van der Waals surface area contributed by atoms with Crippen molar-refractivity contribution >= 4 is 5.97 Å². The molecule has 0 amide bonds. The van der Waals surface area contributed by atoms with Crippen LogP contribution in [-0.2, 0) is 24.2 Å². The van der Waals surface area contributed by atoms with E-state index in [0.717, 1.165) is 41.9 Å². The molecule has 7 heteroatoms. The highest BCUT2D eigenvalue weighted by atomic mass is 19.1. The largest absolute Gasteiger partial charge is 0.453 e. The Morgan fingerprint density at radius 2 is 2.12 bits per heavy atom. The lowest BCUT2D eigenvalue weighted by Crippen LogP contribution is -2.09. The normalized spacial score (nSPS) is 13.0. The molecule has 0 saturated heterocycles. The van der Waals surface area contributed by atoms with Crippen molar-refractivity contribution in [2.75, 3.05) is 0 Å². The minimum atomic E-state index is -0.493. The molecule has 2 aromatic heterocycles. The van der Waals surface area contributed by atoms with Crippen LogP contribution < -0.4 is 0 Å². The number of ether oxygens (including phenoxy) is 1. The number of hydrogen-bond acceptors (Lipinski definition) is 5. The van der Waals surface area contributed by atoms with Crippen LogP contribution in [0.5, 0.6) is 0 Å². The fraction of sp³-hybridized carbons (Fsp3) is 0.278. The van der Waals surface area contributed by atoms with E-state index in [0.29, 0.717) is 11.5 Å². The summed E-state index contributed by atoms with van der Waals surface area (Å²) in [4.78, 5) is 12.5. The lowest BCUT2D eigenvalue weighted by molar-refractivity contribution is 0.0428. The van der Waals surface area contributed by atoms with E-state index in [1.807, 2.05) is 0 Å². The Labute approximate surface area is 143 Å². The number of hydrogen-bond donors (Lipinski definition) is 0. The molecule has 0 unspecified atom stereocenters. The van der Waals surface area contributed by atoms with Crippen LogP contribution in [0.3, 0.4) is 0 Å². The number of carbonyl (C=O) groups excluding carboxylic acids is 1. The molecule has 6 nitrogen and oxygen atoms in total. The average Bonchev–Trinajstić information content (AvgIpc) is 3.30. The number of fused-ring (bicyclic) bond motifs is 1. The van der Waals surface area contributed by atoms with E-state index in [-0.39, 0.29) is 12.4 Å². The number of aryl methyl sites for hydroxylation is 1. The number of benzene rings is 1. The molecule has 2 heterocycles. The van der Waals surface area contributed by atoms with Crippen LogP contribution in [-0.4, -0.2) is 20.9 Å². The average molecular weight is 341 g/mol. The predicted molar refractivity (Wildman–Crippen MR) is 85.9 cm³/mol. The Hall–Kier alpha value is -2.96. The Morgan fingerprint density at radius 3 is 2.84 bits per heavy atom. The molecular weight excluding hydrogens is 325 g/mol. The number of aromatic nitrogens is 3. The first kappa shape index (κ1) is 15.6. The maximum atomic E-state index is 13.2. The molecule has 0 bridgehead atoms. The van der Waals surface area contributed by atoms with E-state index in [4.69, 9.17) is 9.26 Å². The third-order valence-electron chi connectivity index (χ3n) is 4.22. The van der Waals surface area contributed by atoms with Gasteiger partial charge in [0.25, 0.3) is 0 Å². The Bertz CT molecular complexity index is 928. The molecule has 1 aliphatic carbocycles. The van der Waals surface area contributed by atoms with Gasteiger partial charge in [-0.1, -0.05) is 5.16 Å². The maximum absolute atomic E-state index is 13.2. The van der Waals surface area contributed by atoms with Crippen LogP contribution in [0.15, 0.2) is 34.9 Å². The molecule has 0 atom stereocenters. The maximum Gasteiger partial charge on any atom is 0.359 e. The van der Waals surface area contributed by atoms with Gasteiger partial charge < -0.3 is 9.26 Å². The Kier molecular flexibility index (Phi) is 3.83. The lowest BCUT2D eigenvalue weighted by atomic mass is 10.2. The van der Waals surface area contributed by atoms with Gasteiger partial charge in [0.05, 0.1) is 11.4 Å². The summed E-state index contributed by atoms with van der Waals surface area (Å²) in [6.45, 7) is 1.81. The van der Waals surface area contributed by atoms with Crippen molar-refractivity contribution in [1.82, 2.24) is 14.9 Å². The van der Waals surface area contributed by atoms with Gasteiger partial charge in [0, 0.05) is 17.3 Å². The first-order chi connectivity index (χ1) is 12.1. The second-order valence-corrected chi connectivity index (χ2v) is 6.03. The molecule has 1 aliphatic rings. The van der Waals surface area contributed by atoms with E-state index < -0.39 is 5.97 Å². The van der Waals surface area contributed by atoms with Crippen molar-refractivity contribution in [3.63, 3.8) is 0 Å². The molecule has 4 rings (SSSR count). The van der Waals surface area contributed by atoms with Gasteiger partial charge in [-0.25, -0.2) is 13.9 Å². The summed E-state index contributed by atoms with van der Waals surface area (Å²) in [5, 5.41) is 8.18. The summed E-state index contributed by atoms with van der Waals surface area (Å²) >= 11 is 0. The second-order valence-electron chi connectivity index (χ2n) is 6.03. The van der Waals surface area contributed by atoms with E-state index in [1.165, 1.54) is 12.1 Å². The zero-order chi connectivity index (χ0) is 17.4. The third kappa shape index (κ3) is 2.93. The summed E-state index contributed by atoms with van der Waals surface area (Å²) in [6, 6.07) is 7.76. The number of carbonyl (C=O) groups is 1. The van der Waals surface area contributed by atoms with Crippen LogP contribution in [0.1, 0.15) is 39.6 Å². The van der Waals surface area contributed by atoms with Gasteiger partial charge in [0.2, 0.25) is 0 Å². The highest BCUT2D eigenvalue weighted by Crippen LogP contribution is 2.28. The quantitative estimate of drug-likeness (QED) is 0.682. The van der Waals surface area contributed by atoms with Gasteiger partial charge in [-0.05, 0) is 50.5 Å². The van der Waals surface area contributed by atoms with Crippen molar-refractivity contribution in [2.45, 2.75) is 32.8 Å². The van der Waals surface area contributed by atoms with Crippen LogP contribution in [0, 0.1) is 12.7 Å². The summed E-state index contributed by atoms with van der Waals surface area (Å²) in [5.74, 6) is -0.317. The molecule has 0 saturated carbocycles. The molecule has 0 spiro atoms. The summed E-state index contributed by atoms with van der Waals surface area (Å²) in [5.41, 5.74) is 3.65. The molecular formula is C18H16FN3O3. The predicted octanol–water partition coefficient (Wildman–Crippen LogP) is 3.15. The van der Waals surface area contributed by atoms with E-state index >= 15 is 0 Å². The van der Waals surface area contributed by atoms with Crippen molar-refractivity contribution in [1.29, 1.82) is 0 Å². The van der Waals surface area contributed by atoms with Crippen LogP contribution >= 0.6 is 0 Å². The first-order valence-corrected chi connectivity index (χ1v) is 8.08. The van der Waals surface area contributed by atoms with Crippen molar-refractivity contribution in [3.05, 3.63) is 64.6 Å². The fourth-order valence-corrected chi connectivity index (χ4v) is 3.09. The van der Waals surface area contributed by atoms with E-state index in [1.54, 1.807) is 29.8 Å². The van der Waals surface area contributed by atoms with Crippen molar-refractivity contribution in [2.24, 2.45) is 0 Å². The van der Waals surface area contributed by atoms with E-state index in [9.17, 15) is 9.18 Å². The molecule has 0 aliphatic heterocycles. The second kappa shape index (κ2) is 6.16. The highest BCUT2D eigenvalue weighted by molar-refractivity contribution is 5.89. The molecule has 0 N–H and O–H groups in total. The summed E-state index contributed by atoms with van der Waals surface area (Å²) in [6.07, 6.45) is 2.56. The number of halogens is 1. The fourth-order valence-electron chi connectivity index (χ4n) is 3.09. The molecule has 25 heavy (non-hydrogen) atoms. The van der Waals surface area contributed by atoms with Crippen molar-refractivity contribution in [3.8, 4) is 5.69 Å². The van der Waals surface area contributed by atoms with E-state index in [2.05, 4.69) is 10.3 Å². The van der Waals surface area contributed by atoms with Gasteiger partial charge in [0.15, 0.2) is 18.1 Å². The monoisotopic (exact) mass is 341 g/mol. The number of nitrogens with zero attached hydrogens (tertiary/aromatic N) is 3. The van der Waals surface area contributed by atoms with Crippen LogP contribution in [0.4, 0.5) is 4.39 Å². The van der Waals surface area contributed by atoms with Gasteiger partial charge in [-0.3, -0.25) is 0 Å². The highest BCUT2D eigenvalue weighted by Gasteiger charge is 2.28. The standard InChI is InChI=1S/C18H16FN3O3/c1-11-9-14(25-21-11)10-24-18(23)17-15-3-2-4-16(15)22(20-17)13-7-5-12(19)6-8-13/h5-9H,2-4,10H2,1H3. The zero-order valence-electron chi connectivity index (χ0n) is 13.7. The topological polar surface area (TPSA) is 70.2 Å². The minimum Gasteiger partial charge on any atom is -0.453 e. The molecule has 0 fully saturated rings. The number of rotatable bonds is 4. The molecule has 128 valence electrons.